The van der Waals surface area contributed by atoms with E-state index in [0.717, 1.165) is 12.1 Å². The van der Waals surface area contributed by atoms with E-state index >= 15 is 0 Å². The van der Waals surface area contributed by atoms with E-state index in [4.69, 9.17) is 16.3 Å². The van der Waals surface area contributed by atoms with Crippen LogP contribution in [0.4, 0.5) is 10.1 Å². The number of halogens is 2. The highest BCUT2D eigenvalue weighted by atomic mass is 35.5. The van der Waals surface area contributed by atoms with Crippen molar-refractivity contribution in [1.82, 2.24) is 9.80 Å². The maximum absolute atomic E-state index is 13.0. The number of hydrogen-bond acceptors (Lipinski definition) is 5. The molecule has 0 atom stereocenters. The largest absolute Gasteiger partial charge is 0.456 e. The third-order valence-corrected chi connectivity index (χ3v) is 4.50. The summed E-state index contributed by atoms with van der Waals surface area (Å²) in [4.78, 5) is 50.2. The zero-order valence-corrected chi connectivity index (χ0v) is 16.1. The van der Waals surface area contributed by atoms with Crippen LogP contribution >= 0.6 is 11.6 Å². The lowest BCUT2D eigenvalue weighted by atomic mass is 10.2. The lowest BCUT2D eigenvalue weighted by molar-refractivity contribution is -0.149. The molecule has 8 nitrogen and oxygen atoms in total. The number of hydrogen-bond donors (Lipinski definition) is 1. The average Bonchev–Trinajstić information content (AvgIpc) is 2.66. The minimum absolute atomic E-state index is 0.0233. The standard InChI is InChI=1S/C18H21ClFN3O5/c1-12(24)22-6-8-23(9-7-22)17(26)4-5-18(27)28-11-16(25)21-15-3-2-13(20)10-14(15)19/h2-3,10H,4-9,11H2,1H3,(H,21,25). The summed E-state index contributed by atoms with van der Waals surface area (Å²) in [6, 6.07) is 3.47. The van der Waals surface area contributed by atoms with Crippen molar-refractivity contribution in [3.63, 3.8) is 0 Å². The van der Waals surface area contributed by atoms with Crippen LogP contribution in [0.3, 0.4) is 0 Å². The van der Waals surface area contributed by atoms with Gasteiger partial charge in [0, 0.05) is 39.5 Å². The normalized spacial score (nSPS) is 13.8. The molecule has 152 valence electrons. The molecule has 1 aromatic carbocycles. The SMILES string of the molecule is CC(=O)N1CCN(C(=O)CCC(=O)OCC(=O)Nc2ccc(F)cc2Cl)CC1. The minimum Gasteiger partial charge on any atom is -0.456 e. The number of carbonyl (C=O) groups is 4. The molecule has 0 saturated carbocycles. The Morgan fingerprint density at radius 2 is 1.75 bits per heavy atom. The molecule has 10 heteroatoms. The Morgan fingerprint density at radius 1 is 1.11 bits per heavy atom. The maximum Gasteiger partial charge on any atom is 0.306 e. The molecule has 1 aliphatic heterocycles. The van der Waals surface area contributed by atoms with Crippen LogP contribution in [0.1, 0.15) is 19.8 Å². The number of nitrogens with zero attached hydrogens (tertiary/aromatic N) is 2. The number of piperazine rings is 1. The van der Waals surface area contributed by atoms with Gasteiger partial charge in [-0.25, -0.2) is 4.39 Å². The third kappa shape index (κ3) is 6.49. The van der Waals surface area contributed by atoms with Crippen molar-refractivity contribution in [2.24, 2.45) is 0 Å². The number of nitrogens with one attached hydrogen (secondary N) is 1. The van der Waals surface area contributed by atoms with Gasteiger partial charge in [-0.2, -0.15) is 0 Å². The zero-order chi connectivity index (χ0) is 20.7. The fraction of sp³-hybridized carbons (Fsp3) is 0.444. The van der Waals surface area contributed by atoms with E-state index in [-0.39, 0.29) is 35.4 Å². The molecule has 2 rings (SSSR count). The summed E-state index contributed by atoms with van der Waals surface area (Å²) in [5.41, 5.74) is 0.198. The Kier molecular flexibility index (Phi) is 7.74. The van der Waals surface area contributed by atoms with E-state index < -0.39 is 24.3 Å². The van der Waals surface area contributed by atoms with Gasteiger partial charge in [0.15, 0.2) is 6.61 Å². The Hall–Kier alpha value is -2.68. The van der Waals surface area contributed by atoms with Crippen LogP contribution in [-0.2, 0) is 23.9 Å². The van der Waals surface area contributed by atoms with Crippen molar-refractivity contribution in [3.8, 4) is 0 Å². The number of carbonyl (C=O) groups excluding carboxylic acids is 4. The topological polar surface area (TPSA) is 96.0 Å². The van der Waals surface area contributed by atoms with E-state index in [9.17, 15) is 23.6 Å². The lowest BCUT2D eigenvalue weighted by Crippen LogP contribution is -2.50. The quantitative estimate of drug-likeness (QED) is 0.712. The van der Waals surface area contributed by atoms with Gasteiger partial charge in [0.25, 0.3) is 5.91 Å². The molecule has 1 N–H and O–H groups in total. The van der Waals surface area contributed by atoms with Gasteiger partial charge in [-0.15, -0.1) is 0 Å². The van der Waals surface area contributed by atoms with E-state index in [1.165, 1.54) is 13.0 Å². The molecule has 0 bridgehead atoms. The zero-order valence-electron chi connectivity index (χ0n) is 15.4. The Labute approximate surface area is 166 Å². The molecule has 0 unspecified atom stereocenters. The van der Waals surface area contributed by atoms with Crippen molar-refractivity contribution in [2.45, 2.75) is 19.8 Å². The first-order valence-corrected chi connectivity index (χ1v) is 9.08. The summed E-state index contributed by atoms with van der Waals surface area (Å²) in [5, 5.41) is 2.42. The second-order valence-electron chi connectivity index (χ2n) is 6.22. The first-order chi connectivity index (χ1) is 13.3. The summed E-state index contributed by atoms with van der Waals surface area (Å²) in [6.45, 7) is 2.73. The molecule has 28 heavy (non-hydrogen) atoms. The predicted octanol–water partition coefficient (Wildman–Crippen LogP) is 1.43. The molecule has 1 fully saturated rings. The molecule has 1 aromatic rings. The Balaban J connectivity index is 1.67. The second-order valence-corrected chi connectivity index (χ2v) is 6.63. The van der Waals surface area contributed by atoms with Crippen LogP contribution in [0, 0.1) is 5.82 Å². The Morgan fingerprint density at radius 3 is 2.36 bits per heavy atom. The molecule has 1 heterocycles. The monoisotopic (exact) mass is 413 g/mol. The Bertz CT molecular complexity index is 766. The molecule has 0 spiro atoms. The summed E-state index contributed by atoms with van der Waals surface area (Å²) in [5.74, 6) is -2.09. The predicted molar refractivity (Wildman–Crippen MR) is 99.1 cm³/mol. The first kappa shape index (κ1) is 21.6. The summed E-state index contributed by atoms with van der Waals surface area (Å²) in [7, 11) is 0. The molecular formula is C18H21ClFN3O5. The van der Waals surface area contributed by atoms with Gasteiger partial charge < -0.3 is 19.9 Å². The highest BCUT2D eigenvalue weighted by molar-refractivity contribution is 6.33. The molecular weight excluding hydrogens is 393 g/mol. The van der Waals surface area contributed by atoms with Crippen LogP contribution in [0.25, 0.3) is 0 Å². The molecule has 3 amide bonds. The van der Waals surface area contributed by atoms with Crippen LogP contribution in [-0.4, -0.2) is 66.3 Å². The average molecular weight is 414 g/mol. The fourth-order valence-corrected chi connectivity index (χ4v) is 2.85. The molecule has 0 aliphatic carbocycles. The smallest absolute Gasteiger partial charge is 0.306 e. The van der Waals surface area contributed by atoms with Gasteiger partial charge in [0.2, 0.25) is 11.8 Å². The van der Waals surface area contributed by atoms with Crippen LogP contribution in [0.2, 0.25) is 5.02 Å². The highest BCUT2D eigenvalue weighted by Crippen LogP contribution is 2.22. The third-order valence-electron chi connectivity index (χ3n) is 4.19. The minimum atomic E-state index is -0.684. The van der Waals surface area contributed by atoms with Crippen LogP contribution in [0.15, 0.2) is 18.2 Å². The van der Waals surface area contributed by atoms with Crippen LogP contribution < -0.4 is 5.32 Å². The van der Waals surface area contributed by atoms with Crippen LogP contribution in [0.5, 0.6) is 0 Å². The van der Waals surface area contributed by atoms with E-state index in [2.05, 4.69) is 5.32 Å². The second kappa shape index (κ2) is 10.0. The number of esters is 1. The number of anilines is 1. The van der Waals surface area contributed by atoms with Gasteiger partial charge in [0.05, 0.1) is 17.1 Å². The van der Waals surface area contributed by atoms with Gasteiger partial charge in [-0.05, 0) is 18.2 Å². The number of amides is 3. The van der Waals surface area contributed by atoms with Crippen molar-refractivity contribution < 1.29 is 28.3 Å². The first-order valence-electron chi connectivity index (χ1n) is 8.70. The van der Waals surface area contributed by atoms with Crippen molar-refractivity contribution in [3.05, 3.63) is 29.0 Å². The summed E-state index contributed by atoms with van der Waals surface area (Å²) < 4.78 is 17.8. The fourth-order valence-electron chi connectivity index (χ4n) is 2.63. The molecule has 1 saturated heterocycles. The number of rotatable bonds is 6. The summed E-state index contributed by atoms with van der Waals surface area (Å²) in [6.07, 6.45) is -0.194. The lowest BCUT2D eigenvalue weighted by Gasteiger charge is -2.34. The van der Waals surface area contributed by atoms with E-state index in [1.54, 1.807) is 9.80 Å². The highest BCUT2D eigenvalue weighted by Gasteiger charge is 2.22. The van der Waals surface area contributed by atoms with Gasteiger partial charge in [-0.1, -0.05) is 11.6 Å². The van der Waals surface area contributed by atoms with Gasteiger partial charge >= 0.3 is 5.97 Å². The van der Waals surface area contributed by atoms with Crippen molar-refractivity contribution in [1.29, 1.82) is 0 Å². The van der Waals surface area contributed by atoms with Gasteiger partial charge in [-0.3, -0.25) is 19.2 Å². The molecule has 1 aliphatic rings. The van der Waals surface area contributed by atoms with E-state index in [1.807, 2.05) is 0 Å². The number of benzene rings is 1. The molecule has 0 radical (unpaired) electrons. The van der Waals surface area contributed by atoms with Crippen molar-refractivity contribution in [2.75, 3.05) is 38.1 Å². The number of ether oxygens (including phenoxy) is 1. The van der Waals surface area contributed by atoms with Gasteiger partial charge in [0.1, 0.15) is 5.82 Å². The maximum atomic E-state index is 13.0. The molecule has 0 aromatic heterocycles. The summed E-state index contributed by atoms with van der Waals surface area (Å²) >= 11 is 5.79. The van der Waals surface area contributed by atoms with Crippen molar-refractivity contribution >= 4 is 41.0 Å². The van der Waals surface area contributed by atoms with E-state index in [0.29, 0.717) is 26.2 Å².